The Hall–Kier alpha value is 0.280. The van der Waals surface area contributed by atoms with Gasteiger partial charge in [-0.2, -0.15) is 11.8 Å². The summed E-state index contributed by atoms with van der Waals surface area (Å²) in [7, 11) is 0. The zero-order chi connectivity index (χ0) is 16.1. The van der Waals surface area contributed by atoms with E-state index in [0.29, 0.717) is 0 Å². The van der Waals surface area contributed by atoms with Crippen LogP contribution in [-0.2, 0) is 9.53 Å². The van der Waals surface area contributed by atoms with Crippen LogP contribution in [0.1, 0.15) is 38.5 Å². The van der Waals surface area contributed by atoms with E-state index < -0.39 is 0 Å². The number of halogens is 2. The Labute approximate surface area is 168 Å². The van der Waals surface area contributed by atoms with Crippen LogP contribution in [0.25, 0.3) is 0 Å². The van der Waals surface area contributed by atoms with E-state index in [0.717, 1.165) is 45.7 Å². The van der Waals surface area contributed by atoms with Crippen molar-refractivity contribution in [1.29, 1.82) is 0 Å². The van der Waals surface area contributed by atoms with Crippen LogP contribution in [0.2, 0.25) is 0 Å². The van der Waals surface area contributed by atoms with Crippen molar-refractivity contribution < 1.29 is 9.53 Å². The molecule has 0 aromatic carbocycles. The lowest BCUT2D eigenvalue weighted by Gasteiger charge is -2.43. The first-order valence-electron chi connectivity index (χ1n) is 9.15. The lowest BCUT2D eigenvalue weighted by molar-refractivity contribution is -0.125. The van der Waals surface area contributed by atoms with Gasteiger partial charge in [0.25, 0.3) is 0 Å². The third-order valence-electron chi connectivity index (χ3n) is 5.88. The van der Waals surface area contributed by atoms with E-state index in [1.165, 1.54) is 37.2 Å². The molecule has 0 radical (unpaired) electrons. The fourth-order valence-corrected chi connectivity index (χ4v) is 5.24. The van der Waals surface area contributed by atoms with Gasteiger partial charge in [-0.25, -0.2) is 0 Å². The number of nitrogens with two attached hydrogens (primary N) is 1. The van der Waals surface area contributed by atoms with Crippen molar-refractivity contribution in [3.8, 4) is 0 Å². The largest absolute Gasteiger partial charge is 0.381 e. The van der Waals surface area contributed by atoms with E-state index in [9.17, 15) is 4.79 Å². The van der Waals surface area contributed by atoms with Gasteiger partial charge in [0.15, 0.2) is 0 Å². The summed E-state index contributed by atoms with van der Waals surface area (Å²) in [5.74, 6) is 2.75. The predicted molar refractivity (Wildman–Crippen MR) is 109 cm³/mol. The molecule has 0 aromatic heterocycles. The molecule has 3 N–H and O–H groups in total. The van der Waals surface area contributed by atoms with Gasteiger partial charge >= 0.3 is 0 Å². The summed E-state index contributed by atoms with van der Waals surface area (Å²) in [6, 6.07) is -0.380. The molecule has 1 unspecified atom stereocenters. The molecule has 0 spiro atoms. The van der Waals surface area contributed by atoms with E-state index in [1.54, 1.807) is 0 Å². The number of nitrogens with zero attached hydrogens (tertiary/aromatic N) is 1. The maximum atomic E-state index is 12.5. The number of nitrogens with one attached hydrogen (secondary N) is 1. The number of rotatable bonds is 5. The van der Waals surface area contributed by atoms with Crippen molar-refractivity contribution in [2.75, 3.05) is 44.4 Å². The minimum absolute atomic E-state index is 0. The molecule has 1 amide bonds. The number of hydrogen-bond acceptors (Lipinski definition) is 5. The van der Waals surface area contributed by atoms with Crippen molar-refractivity contribution in [2.24, 2.45) is 11.7 Å². The summed E-state index contributed by atoms with van der Waals surface area (Å²) in [4.78, 5) is 15.2. The first-order valence-corrected chi connectivity index (χ1v) is 10.3. The molecule has 25 heavy (non-hydrogen) atoms. The van der Waals surface area contributed by atoms with Crippen LogP contribution in [0.15, 0.2) is 0 Å². The number of carbonyl (C=O) groups is 1. The molecular formula is C17H33Cl2N3O2S. The molecule has 3 fully saturated rings. The molecule has 2 heterocycles. The highest BCUT2D eigenvalue weighted by atomic mass is 35.5. The second-order valence-electron chi connectivity index (χ2n) is 7.22. The van der Waals surface area contributed by atoms with Crippen LogP contribution in [0.4, 0.5) is 0 Å². The summed E-state index contributed by atoms with van der Waals surface area (Å²) < 4.78 is 5.37. The molecule has 1 aliphatic carbocycles. The highest BCUT2D eigenvalue weighted by Gasteiger charge is 2.40. The molecular weight excluding hydrogens is 381 g/mol. The van der Waals surface area contributed by atoms with Crippen LogP contribution in [-0.4, -0.2) is 66.7 Å². The van der Waals surface area contributed by atoms with E-state index >= 15 is 0 Å². The average Bonchev–Trinajstić information content (AvgIpc) is 3.11. The second-order valence-corrected chi connectivity index (χ2v) is 8.45. The first-order chi connectivity index (χ1) is 11.2. The Morgan fingerprint density at radius 2 is 1.80 bits per heavy atom. The minimum atomic E-state index is -0.380. The summed E-state index contributed by atoms with van der Waals surface area (Å²) in [5.41, 5.74) is 6.40. The highest BCUT2D eigenvalue weighted by Crippen LogP contribution is 2.36. The second kappa shape index (κ2) is 11.2. The van der Waals surface area contributed by atoms with Gasteiger partial charge in [0.1, 0.15) is 0 Å². The van der Waals surface area contributed by atoms with E-state index in [2.05, 4.69) is 10.2 Å². The molecule has 3 aliphatic rings. The molecule has 5 nitrogen and oxygen atoms in total. The van der Waals surface area contributed by atoms with Crippen molar-refractivity contribution in [3.05, 3.63) is 0 Å². The van der Waals surface area contributed by atoms with Crippen LogP contribution < -0.4 is 11.1 Å². The molecule has 0 aromatic rings. The van der Waals surface area contributed by atoms with Crippen molar-refractivity contribution in [3.63, 3.8) is 0 Å². The SMILES string of the molecule is Cl.Cl.NC(C(=O)NCC1(N2CCSCC2)CCCC1)C1CCOCC1. The zero-order valence-corrected chi connectivity index (χ0v) is 17.4. The number of hydrogen-bond donors (Lipinski definition) is 2. The standard InChI is InChI=1S/C17H31N3O2S.2ClH/c18-15(14-3-9-22-10-4-14)16(21)19-13-17(5-1-2-6-17)20-7-11-23-12-8-20;;/h14-15H,1-13,18H2,(H,19,21);2*1H. The smallest absolute Gasteiger partial charge is 0.237 e. The van der Waals surface area contributed by atoms with Gasteiger partial charge in [0, 0.05) is 49.9 Å². The number of carbonyl (C=O) groups excluding carboxylic acids is 1. The normalized spacial score (nSPS) is 25.5. The van der Waals surface area contributed by atoms with Gasteiger partial charge in [0.2, 0.25) is 5.91 Å². The monoisotopic (exact) mass is 413 g/mol. The van der Waals surface area contributed by atoms with Gasteiger partial charge in [-0.05, 0) is 31.6 Å². The molecule has 1 atom stereocenters. The Kier molecular flexibility index (Phi) is 10.4. The lowest BCUT2D eigenvalue weighted by Crippen LogP contribution is -2.58. The molecule has 2 aliphatic heterocycles. The highest BCUT2D eigenvalue weighted by molar-refractivity contribution is 7.99. The summed E-state index contributed by atoms with van der Waals surface area (Å²) in [6.07, 6.45) is 6.80. The van der Waals surface area contributed by atoms with E-state index in [-0.39, 0.29) is 48.2 Å². The van der Waals surface area contributed by atoms with Gasteiger partial charge in [-0.1, -0.05) is 12.8 Å². The fraction of sp³-hybridized carbons (Fsp3) is 0.941. The average molecular weight is 414 g/mol. The van der Waals surface area contributed by atoms with Gasteiger partial charge in [-0.3, -0.25) is 9.69 Å². The summed E-state index contributed by atoms with van der Waals surface area (Å²) >= 11 is 2.04. The molecule has 3 rings (SSSR count). The first kappa shape index (κ1) is 23.3. The van der Waals surface area contributed by atoms with Crippen molar-refractivity contribution in [2.45, 2.75) is 50.1 Å². The number of thioether (sulfide) groups is 1. The van der Waals surface area contributed by atoms with E-state index in [4.69, 9.17) is 10.5 Å². The van der Waals surface area contributed by atoms with Crippen LogP contribution >= 0.6 is 36.6 Å². The molecule has 0 bridgehead atoms. The summed E-state index contributed by atoms with van der Waals surface area (Å²) in [5, 5.41) is 3.21. The zero-order valence-electron chi connectivity index (χ0n) is 14.9. The Morgan fingerprint density at radius 1 is 1.20 bits per heavy atom. The van der Waals surface area contributed by atoms with Crippen LogP contribution in [0.3, 0.4) is 0 Å². The maximum Gasteiger partial charge on any atom is 0.237 e. The molecule has 8 heteroatoms. The molecule has 1 saturated carbocycles. The lowest BCUT2D eigenvalue weighted by atomic mass is 9.91. The van der Waals surface area contributed by atoms with E-state index in [1.807, 2.05) is 11.8 Å². The molecule has 2 saturated heterocycles. The fourth-order valence-electron chi connectivity index (χ4n) is 4.33. The third kappa shape index (κ3) is 5.88. The van der Waals surface area contributed by atoms with Crippen molar-refractivity contribution in [1.82, 2.24) is 10.2 Å². The maximum absolute atomic E-state index is 12.5. The Morgan fingerprint density at radius 3 is 2.40 bits per heavy atom. The topological polar surface area (TPSA) is 67.6 Å². The number of ether oxygens (including phenoxy) is 1. The van der Waals surface area contributed by atoms with Gasteiger partial charge in [0.05, 0.1) is 6.04 Å². The third-order valence-corrected chi connectivity index (χ3v) is 6.83. The van der Waals surface area contributed by atoms with Gasteiger partial charge < -0.3 is 15.8 Å². The quantitative estimate of drug-likeness (QED) is 0.721. The molecule has 148 valence electrons. The van der Waals surface area contributed by atoms with Crippen LogP contribution in [0, 0.1) is 5.92 Å². The Balaban J connectivity index is 0.00000156. The minimum Gasteiger partial charge on any atom is -0.381 e. The Bertz CT molecular complexity index is 399. The number of amides is 1. The predicted octanol–water partition coefficient (Wildman–Crippen LogP) is 2.06. The van der Waals surface area contributed by atoms with Crippen LogP contribution in [0.5, 0.6) is 0 Å². The van der Waals surface area contributed by atoms with Crippen molar-refractivity contribution >= 4 is 42.5 Å². The summed E-state index contributed by atoms with van der Waals surface area (Å²) in [6.45, 7) is 4.56. The van der Waals surface area contributed by atoms with Gasteiger partial charge in [-0.15, -0.1) is 24.8 Å².